The van der Waals surface area contributed by atoms with Gasteiger partial charge in [0.25, 0.3) is 0 Å². The van der Waals surface area contributed by atoms with Gasteiger partial charge < -0.3 is 4.57 Å². The molecule has 1 aromatic heterocycles. The van der Waals surface area contributed by atoms with Gasteiger partial charge in [0.1, 0.15) is 12.4 Å². The number of imidazole rings is 1. The molecule has 48 valence electrons. The molecule has 0 unspecified atom stereocenters. The Kier molecular flexibility index (Phi) is 1.58. The zero-order valence-corrected chi connectivity index (χ0v) is 5.11. The predicted molar refractivity (Wildman–Crippen MR) is 32.7 cm³/mol. The first-order valence-electron chi connectivity index (χ1n) is 2.60. The van der Waals surface area contributed by atoms with E-state index >= 15 is 0 Å². The van der Waals surface area contributed by atoms with E-state index in [2.05, 4.69) is 10.2 Å². The Morgan fingerprint density at radius 2 is 2.67 bits per heavy atom. The lowest BCUT2D eigenvalue weighted by molar-refractivity contribution is 0.791. The summed E-state index contributed by atoms with van der Waals surface area (Å²) < 4.78 is 1.77. The van der Waals surface area contributed by atoms with Crippen LogP contribution < -0.4 is 0 Å². The molecule has 0 atom stereocenters. The van der Waals surface area contributed by atoms with E-state index < -0.39 is 0 Å². The Balaban J connectivity index is 2.80. The van der Waals surface area contributed by atoms with Crippen LogP contribution in [0.1, 0.15) is 5.82 Å². The second-order valence-corrected chi connectivity index (χ2v) is 1.74. The van der Waals surface area contributed by atoms with Gasteiger partial charge in [-0.1, -0.05) is 5.18 Å². The third-order valence-corrected chi connectivity index (χ3v) is 1.13. The predicted octanol–water partition coefficient (Wildman–Crippen LogP) is 0.686. The molecule has 0 saturated heterocycles. The molecule has 0 aliphatic rings. The molecule has 0 aliphatic heterocycles. The molecule has 0 spiro atoms. The fraction of sp³-hybridized carbons (Fsp3) is 0.400. The first kappa shape index (κ1) is 5.94. The van der Waals surface area contributed by atoms with Gasteiger partial charge in [-0.2, -0.15) is 4.91 Å². The largest absolute Gasteiger partial charge is 0.336 e. The van der Waals surface area contributed by atoms with Crippen LogP contribution in [0.5, 0.6) is 0 Å². The highest BCUT2D eigenvalue weighted by atomic mass is 16.3. The lowest BCUT2D eigenvalue weighted by Gasteiger charge is -1.91. The third-order valence-electron chi connectivity index (χ3n) is 1.13. The summed E-state index contributed by atoms with van der Waals surface area (Å²) in [4.78, 5) is 13.6. The van der Waals surface area contributed by atoms with Crippen molar-refractivity contribution in [1.82, 2.24) is 9.55 Å². The number of aryl methyl sites for hydroxylation is 1. The fourth-order valence-corrected chi connectivity index (χ4v) is 0.607. The van der Waals surface area contributed by atoms with E-state index in [1.165, 1.54) is 0 Å². The standard InChI is InChI=1S/C5H7N3O/c1-8-3-2-6-5(8)4-7-9/h2-3H,4H2,1H3. The second-order valence-electron chi connectivity index (χ2n) is 1.74. The summed E-state index contributed by atoms with van der Waals surface area (Å²) in [6, 6.07) is 0. The van der Waals surface area contributed by atoms with Gasteiger partial charge in [-0.05, 0) is 0 Å². The Bertz CT molecular complexity index is 206. The van der Waals surface area contributed by atoms with Crippen molar-refractivity contribution in [1.29, 1.82) is 0 Å². The SMILES string of the molecule is Cn1ccnc1CN=O. The zero-order chi connectivity index (χ0) is 6.69. The van der Waals surface area contributed by atoms with Gasteiger partial charge in [-0.15, -0.1) is 0 Å². The molecule has 4 nitrogen and oxygen atoms in total. The first-order chi connectivity index (χ1) is 4.34. The highest BCUT2D eigenvalue weighted by Gasteiger charge is 1.95. The van der Waals surface area contributed by atoms with Crippen LogP contribution in [0.25, 0.3) is 0 Å². The molecule has 1 rings (SSSR count). The monoisotopic (exact) mass is 125 g/mol. The van der Waals surface area contributed by atoms with Crippen LogP contribution in [-0.2, 0) is 13.6 Å². The molecule has 0 radical (unpaired) electrons. The Hall–Kier alpha value is -1.19. The van der Waals surface area contributed by atoms with E-state index in [4.69, 9.17) is 0 Å². The highest BCUT2D eigenvalue weighted by molar-refractivity contribution is 4.89. The molecule has 0 fully saturated rings. The number of rotatable bonds is 2. The molecule has 0 aliphatic carbocycles. The third kappa shape index (κ3) is 1.13. The van der Waals surface area contributed by atoms with Crippen LogP contribution in [0, 0.1) is 4.91 Å². The average Bonchev–Trinajstić information content (AvgIpc) is 2.18. The normalized spacial score (nSPS) is 9.44. The minimum atomic E-state index is 0.156. The van der Waals surface area contributed by atoms with Gasteiger partial charge in [0, 0.05) is 19.4 Å². The molecule has 0 aromatic carbocycles. The van der Waals surface area contributed by atoms with E-state index in [1.54, 1.807) is 17.0 Å². The van der Waals surface area contributed by atoms with Crippen LogP contribution in [0.15, 0.2) is 17.6 Å². The summed E-state index contributed by atoms with van der Waals surface area (Å²) >= 11 is 0. The van der Waals surface area contributed by atoms with Crippen molar-refractivity contribution in [3.05, 3.63) is 23.1 Å². The molecule has 1 aromatic rings. The van der Waals surface area contributed by atoms with E-state index in [-0.39, 0.29) is 6.54 Å². The quantitative estimate of drug-likeness (QED) is 0.546. The van der Waals surface area contributed by atoms with Gasteiger partial charge in [0.05, 0.1) is 0 Å². The van der Waals surface area contributed by atoms with Crippen LogP contribution in [-0.4, -0.2) is 9.55 Å². The van der Waals surface area contributed by atoms with Crippen LogP contribution >= 0.6 is 0 Å². The number of nitrogens with zero attached hydrogens (tertiary/aromatic N) is 3. The van der Waals surface area contributed by atoms with Crippen molar-refractivity contribution in [2.45, 2.75) is 6.54 Å². The molecule has 0 amide bonds. The molecule has 0 bridgehead atoms. The van der Waals surface area contributed by atoms with Gasteiger partial charge in [-0.3, -0.25) is 0 Å². The van der Waals surface area contributed by atoms with Gasteiger partial charge in [0.2, 0.25) is 0 Å². The van der Waals surface area contributed by atoms with Crippen molar-refractivity contribution in [3.8, 4) is 0 Å². The number of nitroso groups, excluding NO2 is 1. The first-order valence-corrected chi connectivity index (χ1v) is 2.60. The Labute approximate surface area is 52.5 Å². The summed E-state index contributed by atoms with van der Waals surface area (Å²) in [5.74, 6) is 0.699. The zero-order valence-electron chi connectivity index (χ0n) is 5.11. The van der Waals surface area contributed by atoms with Gasteiger partial charge in [0.15, 0.2) is 0 Å². The van der Waals surface area contributed by atoms with Crippen LogP contribution in [0.3, 0.4) is 0 Å². The molecule has 1 heterocycles. The summed E-state index contributed by atoms with van der Waals surface area (Å²) in [6.45, 7) is 0.156. The summed E-state index contributed by atoms with van der Waals surface area (Å²) in [7, 11) is 1.83. The minimum Gasteiger partial charge on any atom is -0.336 e. The summed E-state index contributed by atoms with van der Waals surface area (Å²) in [5, 5.41) is 2.71. The van der Waals surface area contributed by atoms with Crippen LogP contribution in [0.4, 0.5) is 0 Å². The van der Waals surface area contributed by atoms with Gasteiger partial charge in [-0.25, -0.2) is 4.98 Å². The van der Waals surface area contributed by atoms with Crippen molar-refractivity contribution >= 4 is 0 Å². The maximum absolute atomic E-state index is 9.72. The highest BCUT2D eigenvalue weighted by Crippen LogP contribution is 1.94. The van der Waals surface area contributed by atoms with Crippen molar-refractivity contribution in [2.75, 3.05) is 0 Å². The van der Waals surface area contributed by atoms with E-state index in [0.29, 0.717) is 5.82 Å². The van der Waals surface area contributed by atoms with Crippen molar-refractivity contribution in [3.63, 3.8) is 0 Å². The minimum absolute atomic E-state index is 0.156. The molecule has 0 N–H and O–H groups in total. The lowest BCUT2D eigenvalue weighted by atomic mass is 10.6. The van der Waals surface area contributed by atoms with Crippen LogP contribution in [0.2, 0.25) is 0 Å². The molecule has 9 heavy (non-hydrogen) atoms. The van der Waals surface area contributed by atoms with Crippen molar-refractivity contribution < 1.29 is 0 Å². The fourth-order valence-electron chi connectivity index (χ4n) is 0.607. The smallest absolute Gasteiger partial charge is 0.139 e. The number of aromatic nitrogens is 2. The maximum Gasteiger partial charge on any atom is 0.139 e. The topological polar surface area (TPSA) is 47.2 Å². The van der Waals surface area contributed by atoms with Crippen molar-refractivity contribution in [2.24, 2.45) is 12.2 Å². The number of hydrogen-bond donors (Lipinski definition) is 0. The van der Waals surface area contributed by atoms with E-state index in [0.717, 1.165) is 0 Å². The summed E-state index contributed by atoms with van der Waals surface area (Å²) in [6.07, 6.45) is 3.42. The van der Waals surface area contributed by atoms with E-state index in [1.807, 2.05) is 7.05 Å². The summed E-state index contributed by atoms with van der Waals surface area (Å²) in [5.41, 5.74) is 0. The Morgan fingerprint density at radius 3 is 3.11 bits per heavy atom. The Morgan fingerprint density at radius 1 is 1.89 bits per heavy atom. The maximum atomic E-state index is 9.72. The molecule has 0 saturated carbocycles. The molecular weight excluding hydrogens is 118 g/mol. The molecular formula is C5H7N3O. The number of hydrogen-bond acceptors (Lipinski definition) is 3. The van der Waals surface area contributed by atoms with E-state index in [9.17, 15) is 4.91 Å². The molecule has 4 heteroatoms. The lowest BCUT2D eigenvalue weighted by Crippen LogP contribution is -1.93. The second kappa shape index (κ2) is 2.39. The van der Waals surface area contributed by atoms with Gasteiger partial charge >= 0.3 is 0 Å². The average molecular weight is 125 g/mol.